The third-order valence-electron chi connectivity index (χ3n) is 3.76. The smallest absolute Gasteiger partial charge is 0.254 e. The molecule has 0 atom stereocenters. The van der Waals surface area contributed by atoms with Crippen molar-refractivity contribution in [3.63, 3.8) is 0 Å². The van der Waals surface area contributed by atoms with E-state index in [2.05, 4.69) is 4.98 Å². The molecule has 0 saturated carbocycles. The van der Waals surface area contributed by atoms with E-state index in [9.17, 15) is 4.79 Å². The molecule has 2 heterocycles. The molecule has 1 aliphatic rings. The van der Waals surface area contributed by atoms with Crippen LogP contribution in [0.1, 0.15) is 29.9 Å². The maximum absolute atomic E-state index is 12.4. The Kier molecular flexibility index (Phi) is 4.69. The van der Waals surface area contributed by atoms with E-state index in [4.69, 9.17) is 9.47 Å². The molecule has 1 aromatic heterocycles. The Bertz CT molecular complexity index is 707. The largest absolute Gasteiger partial charge is 0.491 e. The lowest BCUT2D eigenvalue weighted by molar-refractivity contribution is 0.0159. The van der Waals surface area contributed by atoms with Crippen LogP contribution in [0.25, 0.3) is 0 Å². The number of rotatable bonds is 5. The van der Waals surface area contributed by atoms with E-state index < -0.39 is 0 Å². The second-order valence-corrected chi connectivity index (χ2v) is 6.26. The van der Waals surface area contributed by atoms with Gasteiger partial charge < -0.3 is 14.4 Å². The number of carbonyl (C=O) groups is 1. The molecule has 0 aliphatic carbocycles. The molecule has 1 aromatic carbocycles. The molecule has 1 fully saturated rings. The standard InChI is InChI=1S/C19H22N2O3/c1-13(2)23-16-9-7-15(8-10-16)19(22)21-11-17(12-21)24-18-6-4-5-14(3)20-18/h4-10,13,17H,11-12H2,1-3H3. The fourth-order valence-corrected chi connectivity index (χ4v) is 2.56. The monoisotopic (exact) mass is 326 g/mol. The Morgan fingerprint density at radius 1 is 1.17 bits per heavy atom. The maximum Gasteiger partial charge on any atom is 0.254 e. The summed E-state index contributed by atoms with van der Waals surface area (Å²) in [5.74, 6) is 1.40. The highest BCUT2D eigenvalue weighted by molar-refractivity contribution is 5.94. The SMILES string of the molecule is Cc1cccc(OC2CN(C(=O)c3ccc(OC(C)C)cc3)C2)n1. The molecule has 1 amide bonds. The lowest BCUT2D eigenvalue weighted by Gasteiger charge is -2.38. The lowest BCUT2D eigenvalue weighted by Crippen LogP contribution is -2.56. The number of benzene rings is 1. The number of amides is 1. The van der Waals surface area contributed by atoms with E-state index in [0.29, 0.717) is 24.5 Å². The van der Waals surface area contributed by atoms with E-state index in [0.717, 1.165) is 11.4 Å². The number of aryl methyl sites for hydroxylation is 1. The summed E-state index contributed by atoms with van der Waals surface area (Å²) in [5, 5.41) is 0. The van der Waals surface area contributed by atoms with Gasteiger partial charge in [0.25, 0.3) is 5.91 Å². The van der Waals surface area contributed by atoms with Crippen LogP contribution in [0.4, 0.5) is 0 Å². The first-order chi connectivity index (χ1) is 11.5. The Labute approximate surface area is 142 Å². The lowest BCUT2D eigenvalue weighted by atomic mass is 10.1. The van der Waals surface area contributed by atoms with Gasteiger partial charge in [0.15, 0.2) is 0 Å². The van der Waals surface area contributed by atoms with Crippen molar-refractivity contribution in [1.29, 1.82) is 0 Å². The topological polar surface area (TPSA) is 51.7 Å². The van der Waals surface area contributed by atoms with Crippen molar-refractivity contribution >= 4 is 5.91 Å². The third kappa shape index (κ3) is 3.85. The highest BCUT2D eigenvalue weighted by Gasteiger charge is 2.33. The van der Waals surface area contributed by atoms with Gasteiger partial charge in [-0.2, -0.15) is 0 Å². The van der Waals surface area contributed by atoms with Gasteiger partial charge in [0, 0.05) is 17.3 Å². The molecule has 0 bridgehead atoms. The van der Waals surface area contributed by atoms with Gasteiger partial charge in [-0.1, -0.05) is 6.07 Å². The third-order valence-corrected chi connectivity index (χ3v) is 3.76. The first kappa shape index (κ1) is 16.3. The van der Waals surface area contributed by atoms with Crippen LogP contribution < -0.4 is 9.47 Å². The number of likely N-dealkylation sites (tertiary alicyclic amines) is 1. The average Bonchev–Trinajstić information content (AvgIpc) is 2.50. The van der Waals surface area contributed by atoms with Gasteiger partial charge in [0.05, 0.1) is 19.2 Å². The highest BCUT2D eigenvalue weighted by Crippen LogP contribution is 2.20. The molecule has 0 N–H and O–H groups in total. The second kappa shape index (κ2) is 6.91. The van der Waals surface area contributed by atoms with Crippen molar-refractivity contribution in [1.82, 2.24) is 9.88 Å². The Hall–Kier alpha value is -2.56. The van der Waals surface area contributed by atoms with Crippen molar-refractivity contribution in [3.8, 4) is 11.6 Å². The van der Waals surface area contributed by atoms with Crippen LogP contribution in [0.5, 0.6) is 11.6 Å². The van der Waals surface area contributed by atoms with Crippen LogP contribution in [0.2, 0.25) is 0 Å². The summed E-state index contributed by atoms with van der Waals surface area (Å²) >= 11 is 0. The van der Waals surface area contributed by atoms with Crippen LogP contribution >= 0.6 is 0 Å². The van der Waals surface area contributed by atoms with E-state index in [-0.39, 0.29) is 18.1 Å². The van der Waals surface area contributed by atoms with Crippen molar-refractivity contribution in [2.75, 3.05) is 13.1 Å². The summed E-state index contributed by atoms with van der Waals surface area (Å²) in [6.07, 6.45) is 0.127. The molecule has 3 rings (SSSR count). The van der Waals surface area contributed by atoms with Crippen LogP contribution in [-0.2, 0) is 0 Å². The molecule has 0 radical (unpaired) electrons. The number of hydrogen-bond donors (Lipinski definition) is 0. The van der Waals surface area contributed by atoms with Crippen molar-refractivity contribution < 1.29 is 14.3 Å². The van der Waals surface area contributed by atoms with E-state index in [1.807, 2.05) is 51.1 Å². The van der Waals surface area contributed by atoms with Gasteiger partial charge in [-0.25, -0.2) is 4.98 Å². The minimum absolute atomic E-state index is 0.00629. The van der Waals surface area contributed by atoms with Gasteiger partial charge in [-0.05, 0) is 51.1 Å². The van der Waals surface area contributed by atoms with Crippen LogP contribution in [0, 0.1) is 6.92 Å². The normalized spacial score (nSPS) is 14.4. The van der Waals surface area contributed by atoms with Crippen molar-refractivity contribution in [3.05, 3.63) is 53.7 Å². The highest BCUT2D eigenvalue weighted by atomic mass is 16.5. The Balaban J connectivity index is 1.52. The minimum Gasteiger partial charge on any atom is -0.491 e. The summed E-state index contributed by atoms with van der Waals surface area (Å²) < 4.78 is 11.4. The zero-order valence-corrected chi connectivity index (χ0v) is 14.2. The summed E-state index contributed by atoms with van der Waals surface area (Å²) in [6.45, 7) is 7.04. The Morgan fingerprint density at radius 2 is 1.88 bits per heavy atom. The molecule has 1 saturated heterocycles. The fourth-order valence-electron chi connectivity index (χ4n) is 2.56. The van der Waals surface area contributed by atoms with Gasteiger partial charge in [-0.15, -0.1) is 0 Å². The first-order valence-corrected chi connectivity index (χ1v) is 8.17. The predicted molar refractivity (Wildman–Crippen MR) is 91.5 cm³/mol. The molecule has 0 spiro atoms. The number of aromatic nitrogens is 1. The molecule has 126 valence electrons. The van der Waals surface area contributed by atoms with E-state index >= 15 is 0 Å². The van der Waals surface area contributed by atoms with E-state index in [1.165, 1.54) is 0 Å². The Morgan fingerprint density at radius 3 is 2.50 bits per heavy atom. The zero-order chi connectivity index (χ0) is 17.1. The molecule has 24 heavy (non-hydrogen) atoms. The first-order valence-electron chi connectivity index (χ1n) is 8.17. The van der Waals surface area contributed by atoms with Crippen LogP contribution in [-0.4, -0.2) is 41.1 Å². The van der Waals surface area contributed by atoms with Gasteiger partial charge in [-0.3, -0.25) is 4.79 Å². The minimum atomic E-state index is 0.00629. The zero-order valence-electron chi connectivity index (χ0n) is 14.2. The maximum atomic E-state index is 12.4. The average molecular weight is 326 g/mol. The molecular weight excluding hydrogens is 304 g/mol. The summed E-state index contributed by atoms with van der Waals surface area (Å²) in [7, 11) is 0. The van der Waals surface area contributed by atoms with E-state index in [1.54, 1.807) is 17.0 Å². The summed E-state index contributed by atoms with van der Waals surface area (Å²) in [5.41, 5.74) is 1.58. The summed E-state index contributed by atoms with van der Waals surface area (Å²) in [4.78, 5) is 18.5. The van der Waals surface area contributed by atoms with Gasteiger partial charge >= 0.3 is 0 Å². The second-order valence-electron chi connectivity index (χ2n) is 6.26. The van der Waals surface area contributed by atoms with Crippen molar-refractivity contribution in [2.24, 2.45) is 0 Å². The van der Waals surface area contributed by atoms with Gasteiger partial charge in [0.2, 0.25) is 5.88 Å². The van der Waals surface area contributed by atoms with Crippen LogP contribution in [0.15, 0.2) is 42.5 Å². The van der Waals surface area contributed by atoms with Crippen molar-refractivity contribution in [2.45, 2.75) is 33.0 Å². The molecule has 0 unspecified atom stereocenters. The summed E-state index contributed by atoms with van der Waals surface area (Å²) in [6, 6.07) is 12.9. The quantitative estimate of drug-likeness (QED) is 0.847. The predicted octanol–water partition coefficient (Wildman–Crippen LogP) is 3.08. The number of pyridine rings is 1. The molecule has 5 heteroatoms. The fraction of sp³-hybridized carbons (Fsp3) is 0.368. The number of nitrogens with zero attached hydrogens (tertiary/aromatic N) is 2. The number of carbonyl (C=O) groups excluding carboxylic acids is 1. The number of hydrogen-bond acceptors (Lipinski definition) is 4. The van der Waals surface area contributed by atoms with Gasteiger partial charge in [0.1, 0.15) is 11.9 Å². The van der Waals surface area contributed by atoms with Crippen LogP contribution in [0.3, 0.4) is 0 Å². The number of ether oxygens (including phenoxy) is 2. The molecular formula is C19H22N2O3. The molecule has 2 aromatic rings. The molecule has 1 aliphatic heterocycles. The molecule has 5 nitrogen and oxygen atoms in total.